The van der Waals surface area contributed by atoms with E-state index in [4.69, 9.17) is 9.47 Å². The third-order valence-electron chi connectivity index (χ3n) is 3.91. The van der Waals surface area contributed by atoms with E-state index in [2.05, 4.69) is 10.2 Å². The van der Waals surface area contributed by atoms with Gasteiger partial charge in [-0.05, 0) is 38.4 Å². The zero-order chi connectivity index (χ0) is 16.3. The number of aryl methyl sites for hydroxylation is 1. The molecule has 0 saturated carbocycles. The maximum atomic E-state index is 11.7. The molecule has 0 unspecified atom stereocenters. The van der Waals surface area contributed by atoms with E-state index in [0.29, 0.717) is 13.0 Å². The molecule has 5 nitrogen and oxygen atoms in total. The highest BCUT2D eigenvalue weighted by molar-refractivity contribution is 5.75. The van der Waals surface area contributed by atoms with Crippen molar-refractivity contribution >= 4 is 5.91 Å². The van der Waals surface area contributed by atoms with Crippen LogP contribution in [0.4, 0.5) is 0 Å². The van der Waals surface area contributed by atoms with Crippen molar-refractivity contribution in [2.75, 3.05) is 46.0 Å². The standard InChI is InChI=1S/C18H28N2O3/c1-16-5-7-17(8-6-16)23-13-2-4-18(21)19-9-3-10-20-11-14-22-15-12-20/h5-8H,2-4,9-15H2,1H3,(H,19,21). The lowest BCUT2D eigenvalue weighted by atomic mass is 10.2. The molecular formula is C18H28N2O3. The number of carbonyl (C=O) groups excluding carboxylic acids is 1. The number of carbonyl (C=O) groups is 1. The molecule has 128 valence electrons. The summed E-state index contributed by atoms with van der Waals surface area (Å²) in [5, 5.41) is 2.98. The highest BCUT2D eigenvalue weighted by Gasteiger charge is 2.09. The van der Waals surface area contributed by atoms with Crippen molar-refractivity contribution in [1.82, 2.24) is 10.2 Å². The number of nitrogens with one attached hydrogen (secondary N) is 1. The summed E-state index contributed by atoms with van der Waals surface area (Å²) in [6, 6.07) is 7.97. The maximum absolute atomic E-state index is 11.7. The summed E-state index contributed by atoms with van der Waals surface area (Å²) in [4.78, 5) is 14.1. The number of ether oxygens (including phenoxy) is 2. The zero-order valence-corrected chi connectivity index (χ0v) is 14.1. The van der Waals surface area contributed by atoms with Gasteiger partial charge >= 0.3 is 0 Å². The summed E-state index contributed by atoms with van der Waals surface area (Å²) < 4.78 is 10.9. The second-order valence-electron chi connectivity index (χ2n) is 5.92. The largest absolute Gasteiger partial charge is 0.494 e. The lowest BCUT2D eigenvalue weighted by Gasteiger charge is -2.26. The molecule has 1 aliphatic rings. The van der Waals surface area contributed by atoms with Crippen molar-refractivity contribution < 1.29 is 14.3 Å². The Morgan fingerprint density at radius 2 is 1.96 bits per heavy atom. The number of hydrogen-bond acceptors (Lipinski definition) is 4. The van der Waals surface area contributed by atoms with E-state index in [1.54, 1.807) is 0 Å². The third kappa shape index (κ3) is 7.48. The van der Waals surface area contributed by atoms with Gasteiger partial charge in [0.25, 0.3) is 0 Å². The van der Waals surface area contributed by atoms with Gasteiger partial charge in [0, 0.05) is 26.1 Å². The molecule has 1 aromatic rings. The molecule has 0 atom stereocenters. The average Bonchev–Trinajstić information content (AvgIpc) is 2.58. The fourth-order valence-electron chi connectivity index (χ4n) is 2.50. The monoisotopic (exact) mass is 320 g/mol. The Morgan fingerprint density at radius 1 is 1.22 bits per heavy atom. The Morgan fingerprint density at radius 3 is 2.70 bits per heavy atom. The Bertz CT molecular complexity index is 456. The van der Waals surface area contributed by atoms with Crippen LogP contribution in [0.2, 0.25) is 0 Å². The van der Waals surface area contributed by atoms with E-state index >= 15 is 0 Å². The minimum atomic E-state index is 0.111. The molecule has 1 heterocycles. The van der Waals surface area contributed by atoms with Crippen molar-refractivity contribution in [2.24, 2.45) is 0 Å². The number of morpholine rings is 1. The highest BCUT2D eigenvalue weighted by Crippen LogP contribution is 2.11. The Hall–Kier alpha value is -1.59. The van der Waals surface area contributed by atoms with Crippen LogP contribution in [0.5, 0.6) is 5.75 Å². The third-order valence-corrected chi connectivity index (χ3v) is 3.91. The Balaban J connectivity index is 1.46. The predicted octanol–water partition coefficient (Wildman–Crippen LogP) is 1.99. The van der Waals surface area contributed by atoms with Crippen LogP contribution in [0.3, 0.4) is 0 Å². The molecule has 1 amide bonds. The summed E-state index contributed by atoms with van der Waals surface area (Å²) in [5.41, 5.74) is 1.22. The molecule has 23 heavy (non-hydrogen) atoms. The first-order valence-corrected chi connectivity index (χ1v) is 8.50. The quantitative estimate of drug-likeness (QED) is 0.707. The van der Waals surface area contributed by atoms with Crippen molar-refractivity contribution in [1.29, 1.82) is 0 Å². The summed E-state index contributed by atoms with van der Waals surface area (Å²) in [6.45, 7) is 8.06. The van der Waals surface area contributed by atoms with Gasteiger partial charge in [0.2, 0.25) is 5.91 Å². The van der Waals surface area contributed by atoms with Gasteiger partial charge in [-0.25, -0.2) is 0 Å². The van der Waals surface area contributed by atoms with Crippen LogP contribution in [-0.2, 0) is 9.53 Å². The van der Waals surface area contributed by atoms with Gasteiger partial charge in [-0.3, -0.25) is 9.69 Å². The summed E-state index contributed by atoms with van der Waals surface area (Å²) in [5.74, 6) is 0.973. The SMILES string of the molecule is Cc1ccc(OCCCC(=O)NCCCN2CCOCC2)cc1. The van der Waals surface area contributed by atoms with E-state index < -0.39 is 0 Å². The van der Waals surface area contributed by atoms with Gasteiger partial charge in [0.05, 0.1) is 19.8 Å². The van der Waals surface area contributed by atoms with Crippen LogP contribution in [0.25, 0.3) is 0 Å². The number of rotatable bonds is 9. The van der Waals surface area contributed by atoms with Gasteiger partial charge < -0.3 is 14.8 Å². The van der Waals surface area contributed by atoms with Gasteiger partial charge in [0.1, 0.15) is 5.75 Å². The van der Waals surface area contributed by atoms with Crippen LogP contribution in [-0.4, -0.2) is 56.8 Å². The molecule has 2 rings (SSSR count). The first-order chi connectivity index (χ1) is 11.2. The van der Waals surface area contributed by atoms with E-state index in [-0.39, 0.29) is 5.91 Å². The van der Waals surface area contributed by atoms with Crippen molar-refractivity contribution in [3.05, 3.63) is 29.8 Å². The highest BCUT2D eigenvalue weighted by atomic mass is 16.5. The molecule has 5 heteroatoms. The van der Waals surface area contributed by atoms with Gasteiger partial charge in [-0.15, -0.1) is 0 Å². The van der Waals surface area contributed by atoms with E-state index in [1.807, 2.05) is 31.2 Å². The van der Waals surface area contributed by atoms with E-state index in [9.17, 15) is 4.79 Å². The first-order valence-electron chi connectivity index (χ1n) is 8.50. The molecule has 0 spiro atoms. The number of hydrogen-bond donors (Lipinski definition) is 1. The van der Waals surface area contributed by atoms with Crippen molar-refractivity contribution in [3.8, 4) is 5.75 Å². The summed E-state index contributed by atoms with van der Waals surface area (Å²) in [7, 11) is 0. The van der Waals surface area contributed by atoms with Gasteiger partial charge in [-0.2, -0.15) is 0 Å². The fourth-order valence-corrected chi connectivity index (χ4v) is 2.50. The molecule has 1 N–H and O–H groups in total. The van der Waals surface area contributed by atoms with Crippen LogP contribution in [0.15, 0.2) is 24.3 Å². The minimum Gasteiger partial charge on any atom is -0.494 e. The predicted molar refractivity (Wildman–Crippen MR) is 90.8 cm³/mol. The Kier molecular flexibility index (Phi) is 7.90. The van der Waals surface area contributed by atoms with Crippen molar-refractivity contribution in [3.63, 3.8) is 0 Å². The van der Waals surface area contributed by atoms with Crippen LogP contribution in [0, 0.1) is 6.92 Å². The van der Waals surface area contributed by atoms with Gasteiger partial charge in [-0.1, -0.05) is 17.7 Å². The normalized spacial score (nSPS) is 15.3. The number of nitrogens with zero attached hydrogens (tertiary/aromatic N) is 1. The lowest BCUT2D eigenvalue weighted by molar-refractivity contribution is -0.121. The summed E-state index contributed by atoms with van der Waals surface area (Å²) in [6.07, 6.45) is 2.25. The molecule has 1 saturated heterocycles. The number of amides is 1. The molecule has 1 fully saturated rings. The van der Waals surface area contributed by atoms with Crippen LogP contribution >= 0.6 is 0 Å². The second kappa shape index (κ2) is 10.2. The molecule has 1 aliphatic heterocycles. The lowest BCUT2D eigenvalue weighted by Crippen LogP contribution is -2.38. The molecule has 0 radical (unpaired) electrons. The smallest absolute Gasteiger partial charge is 0.220 e. The molecule has 0 aliphatic carbocycles. The van der Waals surface area contributed by atoms with E-state index in [0.717, 1.165) is 58.0 Å². The number of benzene rings is 1. The fraction of sp³-hybridized carbons (Fsp3) is 0.611. The molecule has 1 aromatic carbocycles. The molecular weight excluding hydrogens is 292 g/mol. The minimum absolute atomic E-state index is 0.111. The Labute approximate surface area is 139 Å². The summed E-state index contributed by atoms with van der Waals surface area (Å²) >= 11 is 0. The first kappa shape index (κ1) is 17.8. The zero-order valence-electron chi connectivity index (χ0n) is 14.1. The average molecular weight is 320 g/mol. The second-order valence-corrected chi connectivity index (χ2v) is 5.92. The molecule has 0 aromatic heterocycles. The molecule has 0 bridgehead atoms. The topological polar surface area (TPSA) is 50.8 Å². The van der Waals surface area contributed by atoms with E-state index in [1.165, 1.54) is 5.56 Å². The van der Waals surface area contributed by atoms with Crippen LogP contribution < -0.4 is 10.1 Å². The maximum Gasteiger partial charge on any atom is 0.220 e. The van der Waals surface area contributed by atoms with Crippen LogP contribution in [0.1, 0.15) is 24.8 Å². The van der Waals surface area contributed by atoms with Crippen molar-refractivity contribution in [2.45, 2.75) is 26.2 Å². The van der Waals surface area contributed by atoms with Gasteiger partial charge in [0.15, 0.2) is 0 Å².